The van der Waals surface area contributed by atoms with Crippen LogP contribution in [0.5, 0.6) is 5.75 Å². The van der Waals surface area contributed by atoms with Crippen LogP contribution in [0, 0.1) is 11.3 Å². The van der Waals surface area contributed by atoms with Crippen LogP contribution in [0.4, 0.5) is 8.78 Å². The SMILES string of the molecule is COc1cc(CN)nc(C(F)F)c1C#N. The summed E-state index contributed by atoms with van der Waals surface area (Å²) < 4.78 is 29.9. The first-order chi connectivity index (χ1) is 7.13. The molecule has 0 aliphatic carbocycles. The van der Waals surface area contributed by atoms with E-state index < -0.39 is 12.1 Å². The van der Waals surface area contributed by atoms with Gasteiger partial charge in [0.05, 0.1) is 12.8 Å². The molecule has 6 heteroatoms. The molecule has 1 aromatic heterocycles. The van der Waals surface area contributed by atoms with Crippen LogP contribution in [0.2, 0.25) is 0 Å². The summed E-state index contributed by atoms with van der Waals surface area (Å²) in [6, 6.07) is 3.02. The van der Waals surface area contributed by atoms with E-state index in [0.29, 0.717) is 0 Å². The molecule has 0 aliphatic heterocycles. The molecule has 0 aromatic carbocycles. The molecule has 0 spiro atoms. The summed E-state index contributed by atoms with van der Waals surface area (Å²) in [5.74, 6) is 0.0725. The highest BCUT2D eigenvalue weighted by molar-refractivity contribution is 5.47. The number of methoxy groups -OCH3 is 1. The van der Waals surface area contributed by atoms with Crippen molar-refractivity contribution < 1.29 is 13.5 Å². The zero-order valence-corrected chi connectivity index (χ0v) is 8.00. The summed E-state index contributed by atoms with van der Waals surface area (Å²) in [4.78, 5) is 3.59. The molecular weight excluding hydrogens is 204 g/mol. The van der Waals surface area contributed by atoms with Crippen LogP contribution in [0.25, 0.3) is 0 Å². The maximum absolute atomic E-state index is 12.5. The number of nitrogens with two attached hydrogens (primary N) is 1. The largest absolute Gasteiger partial charge is 0.495 e. The van der Waals surface area contributed by atoms with Gasteiger partial charge in [-0.05, 0) is 0 Å². The third-order valence-corrected chi connectivity index (χ3v) is 1.81. The summed E-state index contributed by atoms with van der Waals surface area (Å²) in [6.45, 7) is 0.0157. The molecule has 4 nitrogen and oxygen atoms in total. The Labute approximate surface area is 85.3 Å². The van der Waals surface area contributed by atoms with Crippen molar-refractivity contribution in [2.24, 2.45) is 5.73 Å². The summed E-state index contributed by atoms with van der Waals surface area (Å²) in [7, 11) is 1.30. The Bertz CT molecular complexity index is 401. The summed E-state index contributed by atoms with van der Waals surface area (Å²) >= 11 is 0. The molecule has 0 radical (unpaired) electrons. The van der Waals surface area contributed by atoms with Crippen LogP contribution < -0.4 is 10.5 Å². The molecule has 0 fully saturated rings. The van der Waals surface area contributed by atoms with Crippen LogP contribution >= 0.6 is 0 Å². The van der Waals surface area contributed by atoms with Gasteiger partial charge in [-0.25, -0.2) is 13.8 Å². The number of hydrogen-bond acceptors (Lipinski definition) is 4. The minimum Gasteiger partial charge on any atom is -0.495 e. The van der Waals surface area contributed by atoms with Crippen molar-refractivity contribution in [3.8, 4) is 11.8 Å². The lowest BCUT2D eigenvalue weighted by Crippen LogP contribution is -2.06. The van der Waals surface area contributed by atoms with E-state index in [2.05, 4.69) is 4.98 Å². The summed E-state index contributed by atoms with van der Waals surface area (Å²) in [5, 5.41) is 8.71. The summed E-state index contributed by atoms with van der Waals surface area (Å²) in [5.41, 5.74) is 4.72. The molecular formula is C9H9F2N3O. The zero-order valence-electron chi connectivity index (χ0n) is 8.00. The minimum atomic E-state index is -2.82. The van der Waals surface area contributed by atoms with Gasteiger partial charge in [0.2, 0.25) is 0 Å². The van der Waals surface area contributed by atoms with Crippen molar-refractivity contribution in [3.05, 3.63) is 23.0 Å². The molecule has 1 rings (SSSR count). The second kappa shape index (κ2) is 4.66. The fourth-order valence-corrected chi connectivity index (χ4v) is 1.13. The molecule has 0 unspecified atom stereocenters. The van der Waals surface area contributed by atoms with Crippen LogP contribution in [0.15, 0.2) is 6.07 Å². The van der Waals surface area contributed by atoms with Crippen molar-refractivity contribution in [1.82, 2.24) is 4.98 Å². The Morgan fingerprint density at radius 3 is 2.73 bits per heavy atom. The lowest BCUT2D eigenvalue weighted by molar-refractivity contribution is 0.145. The number of halogens is 2. The molecule has 15 heavy (non-hydrogen) atoms. The third kappa shape index (κ3) is 2.19. The molecule has 0 amide bonds. The molecule has 1 aromatic rings. The molecule has 0 aliphatic rings. The van der Waals surface area contributed by atoms with E-state index >= 15 is 0 Å². The highest BCUT2D eigenvalue weighted by Crippen LogP contribution is 2.28. The number of pyridine rings is 1. The van der Waals surface area contributed by atoms with Crippen LogP contribution in [-0.2, 0) is 6.54 Å². The molecule has 0 saturated carbocycles. The van der Waals surface area contributed by atoms with Gasteiger partial charge in [-0.1, -0.05) is 0 Å². The minimum absolute atomic E-state index is 0.0157. The Hall–Kier alpha value is -1.74. The monoisotopic (exact) mass is 213 g/mol. The van der Waals surface area contributed by atoms with E-state index in [1.807, 2.05) is 0 Å². The highest BCUT2D eigenvalue weighted by Gasteiger charge is 2.20. The maximum atomic E-state index is 12.5. The van der Waals surface area contributed by atoms with Gasteiger partial charge in [-0.3, -0.25) is 0 Å². The fourth-order valence-electron chi connectivity index (χ4n) is 1.13. The van der Waals surface area contributed by atoms with Crippen molar-refractivity contribution in [3.63, 3.8) is 0 Å². The number of rotatable bonds is 3. The van der Waals surface area contributed by atoms with Gasteiger partial charge in [0.25, 0.3) is 6.43 Å². The van der Waals surface area contributed by atoms with Crippen LogP contribution in [0.3, 0.4) is 0 Å². The average Bonchev–Trinajstić information content (AvgIpc) is 2.26. The fraction of sp³-hybridized carbons (Fsp3) is 0.333. The van der Waals surface area contributed by atoms with Crippen LogP contribution in [-0.4, -0.2) is 12.1 Å². The van der Waals surface area contributed by atoms with Gasteiger partial charge >= 0.3 is 0 Å². The Balaban J connectivity index is 3.41. The predicted molar refractivity (Wildman–Crippen MR) is 48.4 cm³/mol. The number of nitrogens with zero attached hydrogens (tertiary/aromatic N) is 2. The van der Waals surface area contributed by atoms with Crippen molar-refractivity contribution in [1.29, 1.82) is 5.26 Å². The van der Waals surface area contributed by atoms with E-state index in [1.54, 1.807) is 6.07 Å². The summed E-state index contributed by atoms with van der Waals surface area (Å²) in [6.07, 6.45) is -2.82. The Morgan fingerprint density at radius 1 is 1.67 bits per heavy atom. The van der Waals surface area contributed by atoms with E-state index in [4.69, 9.17) is 15.7 Å². The number of alkyl halides is 2. The predicted octanol–water partition coefficient (Wildman–Crippen LogP) is 1.36. The van der Waals surface area contributed by atoms with Gasteiger partial charge in [-0.2, -0.15) is 5.26 Å². The Kier molecular flexibility index (Phi) is 3.52. The highest BCUT2D eigenvalue weighted by atomic mass is 19.3. The molecule has 0 atom stereocenters. The number of aromatic nitrogens is 1. The number of hydrogen-bond donors (Lipinski definition) is 1. The van der Waals surface area contributed by atoms with Gasteiger partial charge < -0.3 is 10.5 Å². The lowest BCUT2D eigenvalue weighted by atomic mass is 10.1. The maximum Gasteiger partial charge on any atom is 0.281 e. The standard InChI is InChI=1S/C9H9F2N3O/c1-15-7-2-5(3-12)14-8(9(10)11)6(7)4-13/h2,9H,3,12H2,1H3. The van der Waals surface area contributed by atoms with Gasteiger partial charge in [0.1, 0.15) is 23.1 Å². The van der Waals surface area contributed by atoms with Crippen LogP contribution in [0.1, 0.15) is 23.4 Å². The molecule has 80 valence electrons. The lowest BCUT2D eigenvalue weighted by Gasteiger charge is -2.09. The molecule has 1 heterocycles. The van der Waals surface area contributed by atoms with E-state index in [1.165, 1.54) is 13.2 Å². The van der Waals surface area contributed by atoms with Crippen molar-refractivity contribution in [2.75, 3.05) is 7.11 Å². The first kappa shape index (κ1) is 11.3. The molecule has 0 saturated heterocycles. The zero-order chi connectivity index (χ0) is 11.4. The Morgan fingerprint density at radius 2 is 2.33 bits per heavy atom. The van der Waals surface area contributed by atoms with Crippen molar-refractivity contribution >= 4 is 0 Å². The molecule has 0 bridgehead atoms. The average molecular weight is 213 g/mol. The third-order valence-electron chi connectivity index (χ3n) is 1.81. The smallest absolute Gasteiger partial charge is 0.281 e. The van der Waals surface area contributed by atoms with E-state index in [-0.39, 0.29) is 23.6 Å². The van der Waals surface area contributed by atoms with E-state index in [9.17, 15) is 8.78 Å². The number of nitriles is 1. The van der Waals surface area contributed by atoms with Gasteiger partial charge in [0, 0.05) is 12.6 Å². The van der Waals surface area contributed by atoms with Crippen molar-refractivity contribution in [2.45, 2.75) is 13.0 Å². The normalized spacial score (nSPS) is 10.1. The first-order valence-electron chi connectivity index (χ1n) is 4.10. The number of ether oxygens (including phenoxy) is 1. The molecule has 2 N–H and O–H groups in total. The van der Waals surface area contributed by atoms with E-state index in [0.717, 1.165) is 0 Å². The van der Waals surface area contributed by atoms with Gasteiger partial charge in [-0.15, -0.1) is 0 Å². The topological polar surface area (TPSA) is 71.9 Å². The quantitative estimate of drug-likeness (QED) is 0.822. The first-order valence-corrected chi connectivity index (χ1v) is 4.10. The van der Waals surface area contributed by atoms with Gasteiger partial charge in [0.15, 0.2) is 0 Å². The second-order valence-electron chi connectivity index (χ2n) is 2.69. The second-order valence-corrected chi connectivity index (χ2v) is 2.69.